The molecule has 0 aliphatic carbocycles. The Morgan fingerprint density at radius 3 is 2.04 bits per heavy atom. The van der Waals surface area contributed by atoms with E-state index in [-0.39, 0.29) is 11.1 Å². The fraction of sp³-hybridized carbons (Fsp3) is 0.263. The minimum absolute atomic E-state index is 0.262. The summed E-state index contributed by atoms with van der Waals surface area (Å²) in [7, 11) is 0. The van der Waals surface area contributed by atoms with E-state index in [1.165, 1.54) is 23.8 Å². The molecule has 2 rings (SSSR count). The molecule has 126 valence electrons. The van der Waals surface area contributed by atoms with E-state index in [0.29, 0.717) is 11.5 Å². The molecule has 24 heavy (non-hydrogen) atoms. The first kappa shape index (κ1) is 17.5. The number of carboxylic acids is 2. The third-order valence-corrected chi connectivity index (χ3v) is 3.73. The van der Waals surface area contributed by atoms with Gasteiger partial charge in [-0.1, -0.05) is 25.5 Å². The van der Waals surface area contributed by atoms with Crippen LogP contribution < -0.4 is 4.74 Å². The van der Waals surface area contributed by atoms with Crippen molar-refractivity contribution in [2.24, 2.45) is 0 Å². The van der Waals surface area contributed by atoms with Gasteiger partial charge in [0.1, 0.15) is 11.5 Å². The predicted octanol–water partition coefficient (Wildman–Crippen LogP) is 4.44. The zero-order valence-electron chi connectivity index (χ0n) is 13.9. The van der Waals surface area contributed by atoms with Gasteiger partial charge in [0.2, 0.25) is 0 Å². The second-order valence-electron chi connectivity index (χ2n) is 5.73. The maximum atomic E-state index is 11.3. The lowest BCUT2D eigenvalue weighted by molar-refractivity contribution is 0.0651. The van der Waals surface area contributed by atoms with Gasteiger partial charge < -0.3 is 14.9 Å². The molecule has 0 spiro atoms. The maximum absolute atomic E-state index is 11.3. The number of benzene rings is 2. The maximum Gasteiger partial charge on any atom is 0.336 e. The number of aryl methyl sites for hydroxylation is 3. The third-order valence-electron chi connectivity index (χ3n) is 3.73. The molecule has 0 unspecified atom stereocenters. The molecule has 2 N–H and O–H groups in total. The van der Waals surface area contributed by atoms with E-state index in [1.807, 2.05) is 13.8 Å². The molecule has 0 bridgehead atoms. The zero-order valence-corrected chi connectivity index (χ0v) is 13.9. The minimum Gasteiger partial charge on any atom is -0.478 e. The number of ether oxygens (including phenoxy) is 1. The van der Waals surface area contributed by atoms with Gasteiger partial charge in [-0.3, -0.25) is 0 Å². The molecule has 5 heteroatoms. The fourth-order valence-corrected chi connectivity index (χ4v) is 2.70. The topological polar surface area (TPSA) is 83.8 Å². The van der Waals surface area contributed by atoms with Crippen molar-refractivity contribution >= 4 is 11.9 Å². The molecule has 0 amide bonds. The van der Waals surface area contributed by atoms with Crippen LogP contribution in [0.5, 0.6) is 11.5 Å². The van der Waals surface area contributed by atoms with Crippen molar-refractivity contribution < 1.29 is 24.5 Å². The number of carboxylic acid groups (broad SMARTS) is 2. The van der Waals surface area contributed by atoms with E-state index in [1.54, 1.807) is 0 Å². The number of hydrogen-bond donors (Lipinski definition) is 2. The molecule has 0 atom stereocenters. The summed E-state index contributed by atoms with van der Waals surface area (Å²) in [4.78, 5) is 22.4. The van der Waals surface area contributed by atoms with Crippen LogP contribution in [0.3, 0.4) is 0 Å². The Hall–Kier alpha value is -2.82. The largest absolute Gasteiger partial charge is 0.478 e. The van der Waals surface area contributed by atoms with E-state index >= 15 is 0 Å². The van der Waals surface area contributed by atoms with Crippen molar-refractivity contribution in [2.75, 3.05) is 0 Å². The minimum atomic E-state index is -1.30. The van der Waals surface area contributed by atoms with Crippen LogP contribution in [0.2, 0.25) is 0 Å². The standard InChI is InChI=1S/C19H20O5/c1-4-5-13-8-11(2)17(12(3)9-13)24-14-6-7-15(18(20)21)16(10-14)19(22)23/h6-10H,4-5H2,1-3H3,(H,20,21)(H,22,23). The Morgan fingerprint density at radius 2 is 1.54 bits per heavy atom. The van der Waals surface area contributed by atoms with Crippen LogP contribution in [0, 0.1) is 13.8 Å². The van der Waals surface area contributed by atoms with Gasteiger partial charge >= 0.3 is 11.9 Å². The van der Waals surface area contributed by atoms with Crippen LogP contribution in [-0.2, 0) is 6.42 Å². The smallest absolute Gasteiger partial charge is 0.336 e. The lowest BCUT2D eigenvalue weighted by atomic mass is 10.0. The first-order chi connectivity index (χ1) is 11.3. The summed E-state index contributed by atoms with van der Waals surface area (Å²) in [5.41, 5.74) is 2.59. The van der Waals surface area contributed by atoms with Crippen LogP contribution in [0.15, 0.2) is 30.3 Å². The average molecular weight is 328 g/mol. The van der Waals surface area contributed by atoms with Crippen molar-refractivity contribution in [3.05, 3.63) is 58.1 Å². The van der Waals surface area contributed by atoms with Crippen molar-refractivity contribution in [1.82, 2.24) is 0 Å². The zero-order chi connectivity index (χ0) is 17.9. The molecular formula is C19H20O5. The second-order valence-corrected chi connectivity index (χ2v) is 5.73. The summed E-state index contributed by atoms with van der Waals surface area (Å²) in [6, 6.07) is 8.06. The van der Waals surface area contributed by atoms with Crippen LogP contribution >= 0.6 is 0 Å². The van der Waals surface area contributed by atoms with Gasteiger partial charge in [-0.15, -0.1) is 0 Å². The molecular weight excluding hydrogens is 308 g/mol. The highest BCUT2D eigenvalue weighted by atomic mass is 16.5. The lowest BCUT2D eigenvalue weighted by Gasteiger charge is -2.14. The van der Waals surface area contributed by atoms with Crippen molar-refractivity contribution in [2.45, 2.75) is 33.6 Å². The molecule has 0 aliphatic rings. The van der Waals surface area contributed by atoms with Gasteiger partial charge in [-0.05, 0) is 55.2 Å². The van der Waals surface area contributed by atoms with Crippen LogP contribution in [-0.4, -0.2) is 22.2 Å². The molecule has 0 radical (unpaired) electrons. The van der Waals surface area contributed by atoms with E-state index in [4.69, 9.17) is 9.84 Å². The summed E-state index contributed by atoms with van der Waals surface area (Å²) < 4.78 is 5.84. The molecule has 0 saturated carbocycles. The predicted molar refractivity (Wildman–Crippen MR) is 90.3 cm³/mol. The third kappa shape index (κ3) is 3.74. The number of aromatic carboxylic acids is 2. The Labute approximate surface area is 140 Å². The Morgan fingerprint density at radius 1 is 0.958 bits per heavy atom. The fourth-order valence-electron chi connectivity index (χ4n) is 2.70. The molecule has 0 aromatic heterocycles. The van der Waals surface area contributed by atoms with Gasteiger partial charge in [0.15, 0.2) is 0 Å². The van der Waals surface area contributed by atoms with Gasteiger partial charge in [-0.25, -0.2) is 9.59 Å². The molecule has 0 aliphatic heterocycles. The Kier molecular flexibility index (Phi) is 5.24. The quantitative estimate of drug-likeness (QED) is 0.818. The van der Waals surface area contributed by atoms with Crippen molar-refractivity contribution in [3.63, 3.8) is 0 Å². The number of hydrogen-bond acceptors (Lipinski definition) is 3. The van der Waals surface area contributed by atoms with E-state index in [9.17, 15) is 14.7 Å². The molecule has 0 saturated heterocycles. The highest BCUT2D eigenvalue weighted by Gasteiger charge is 2.17. The highest BCUT2D eigenvalue weighted by Crippen LogP contribution is 2.31. The van der Waals surface area contributed by atoms with E-state index < -0.39 is 11.9 Å². The van der Waals surface area contributed by atoms with Gasteiger partial charge in [-0.2, -0.15) is 0 Å². The summed E-state index contributed by atoms with van der Waals surface area (Å²) in [6.45, 7) is 5.99. The first-order valence-corrected chi connectivity index (χ1v) is 7.72. The summed E-state index contributed by atoms with van der Waals surface area (Å²) in [5, 5.41) is 18.3. The Balaban J connectivity index is 2.40. The molecule has 0 heterocycles. The molecule has 2 aromatic carbocycles. The summed E-state index contributed by atoms with van der Waals surface area (Å²) >= 11 is 0. The SMILES string of the molecule is CCCc1cc(C)c(Oc2ccc(C(=O)O)c(C(=O)O)c2)c(C)c1. The second kappa shape index (κ2) is 7.17. The van der Waals surface area contributed by atoms with E-state index in [2.05, 4.69) is 19.1 Å². The van der Waals surface area contributed by atoms with Gasteiger partial charge in [0, 0.05) is 0 Å². The average Bonchev–Trinajstić information content (AvgIpc) is 2.51. The number of carbonyl (C=O) groups is 2. The van der Waals surface area contributed by atoms with Gasteiger partial charge in [0.05, 0.1) is 11.1 Å². The molecule has 5 nitrogen and oxygen atoms in total. The van der Waals surface area contributed by atoms with Gasteiger partial charge in [0.25, 0.3) is 0 Å². The Bertz CT molecular complexity index is 769. The van der Waals surface area contributed by atoms with Crippen LogP contribution in [0.4, 0.5) is 0 Å². The monoisotopic (exact) mass is 328 g/mol. The van der Waals surface area contributed by atoms with Crippen LogP contribution in [0.25, 0.3) is 0 Å². The molecule has 2 aromatic rings. The van der Waals surface area contributed by atoms with Crippen molar-refractivity contribution in [1.29, 1.82) is 0 Å². The number of rotatable bonds is 6. The van der Waals surface area contributed by atoms with E-state index in [0.717, 1.165) is 24.0 Å². The van der Waals surface area contributed by atoms with Crippen molar-refractivity contribution in [3.8, 4) is 11.5 Å². The highest BCUT2D eigenvalue weighted by molar-refractivity contribution is 6.02. The van der Waals surface area contributed by atoms with Crippen LogP contribution in [0.1, 0.15) is 50.8 Å². The lowest BCUT2D eigenvalue weighted by Crippen LogP contribution is -2.08. The summed E-state index contributed by atoms with van der Waals surface area (Å²) in [6.07, 6.45) is 2.04. The first-order valence-electron chi connectivity index (χ1n) is 7.72. The summed E-state index contributed by atoms with van der Waals surface area (Å²) in [5.74, 6) is -1.62. The molecule has 0 fully saturated rings. The normalized spacial score (nSPS) is 10.5.